The van der Waals surface area contributed by atoms with Crippen molar-refractivity contribution in [3.8, 4) is 0 Å². The van der Waals surface area contributed by atoms with Gasteiger partial charge in [-0.15, -0.1) is 0 Å². The number of hydrogen-bond donors (Lipinski definition) is 1. The second kappa shape index (κ2) is 5.31. The van der Waals surface area contributed by atoms with Gasteiger partial charge in [0.15, 0.2) is 0 Å². The third kappa shape index (κ3) is 2.33. The highest BCUT2D eigenvalue weighted by atomic mass is 32.2. The lowest BCUT2D eigenvalue weighted by Crippen LogP contribution is -2.43. The van der Waals surface area contributed by atoms with E-state index in [0.717, 1.165) is 5.69 Å². The highest BCUT2D eigenvalue weighted by Crippen LogP contribution is 2.28. The third-order valence-electron chi connectivity index (χ3n) is 3.20. The van der Waals surface area contributed by atoms with Crippen molar-refractivity contribution in [1.82, 2.24) is 19.5 Å². The van der Waals surface area contributed by atoms with Crippen LogP contribution in [0.4, 0.5) is 0 Å². The van der Waals surface area contributed by atoms with Crippen LogP contribution in [0.5, 0.6) is 0 Å². The zero-order chi connectivity index (χ0) is 14.0. The van der Waals surface area contributed by atoms with E-state index in [0.29, 0.717) is 19.8 Å². The summed E-state index contributed by atoms with van der Waals surface area (Å²) < 4.78 is 32.2. The number of ether oxygens (including phenoxy) is 1. The Kier molecular flexibility index (Phi) is 3.51. The lowest BCUT2D eigenvalue weighted by atomic mass is 10.2. The predicted molar refractivity (Wildman–Crippen MR) is 70.3 cm³/mol. The smallest absolute Gasteiger partial charge is 0.245 e. The first kappa shape index (κ1) is 13.2. The van der Waals surface area contributed by atoms with E-state index in [-0.39, 0.29) is 4.90 Å². The monoisotopic (exact) mass is 294 g/mol. The van der Waals surface area contributed by atoms with Gasteiger partial charge in [0.1, 0.15) is 4.90 Å². The first-order valence-corrected chi connectivity index (χ1v) is 7.62. The second-order valence-electron chi connectivity index (χ2n) is 4.41. The number of nitrogens with zero attached hydrogens (tertiary/aromatic N) is 3. The van der Waals surface area contributed by atoms with Gasteiger partial charge < -0.3 is 4.74 Å². The fourth-order valence-corrected chi connectivity index (χ4v) is 3.75. The molecule has 0 radical (unpaired) electrons. The van der Waals surface area contributed by atoms with Gasteiger partial charge in [0.25, 0.3) is 0 Å². The Hall–Kier alpha value is -1.77. The molecule has 2 aromatic heterocycles. The number of rotatable bonds is 3. The summed E-state index contributed by atoms with van der Waals surface area (Å²) in [6.07, 6.45) is 4.50. The molecule has 3 rings (SSSR count). The highest BCUT2D eigenvalue weighted by molar-refractivity contribution is 7.89. The summed E-state index contributed by atoms with van der Waals surface area (Å²) in [4.78, 5) is 4.06. The Morgan fingerprint density at radius 1 is 1.35 bits per heavy atom. The third-order valence-corrected chi connectivity index (χ3v) is 5.09. The van der Waals surface area contributed by atoms with Crippen LogP contribution in [0, 0.1) is 0 Å². The van der Waals surface area contributed by atoms with Crippen LogP contribution in [0.25, 0.3) is 0 Å². The molecule has 0 unspecified atom stereocenters. The van der Waals surface area contributed by atoms with E-state index in [1.165, 1.54) is 10.5 Å². The van der Waals surface area contributed by atoms with Crippen molar-refractivity contribution >= 4 is 10.0 Å². The van der Waals surface area contributed by atoms with Crippen molar-refractivity contribution in [2.24, 2.45) is 0 Å². The summed E-state index contributed by atoms with van der Waals surface area (Å²) in [6, 6.07) is 4.52. The largest absolute Gasteiger partial charge is 0.378 e. The second-order valence-corrected chi connectivity index (χ2v) is 6.30. The SMILES string of the molecule is O=S(=O)(c1cccnc1)N1CCOC[C@@H]1c1ccn[nH]1. The van der Waals surface area contributed by atoms with E-state index in [9.17, 15) is 8.42 Å². The zero-order valence-corrected chi connectivity index (χ0v) is 11.5. The van der Waals surface area contributed by atoms with Crippen molar-refractivity contribution in [2.75, 3.05) is 19.8 Å². The van der Waals surface area contributed by atoms with Gasteiger partial charge in [0.05, 0.1) is 24.9 Å². The Bertz CT molecular complexity index is 657. The maximum Gasteiger partial charge on any atom is 0.245 e. The molecule has 8 heteroatoms. The van der Waals surface area contributed by atoms with Crippen molar-refractivity contribution in [2.45, 2.75) is 10.9 Å². The Labute approximate surface area is 116 Å². The summed E-state index contributed by atoms with van der Waals surface area (Å²) in [5, 5.41) is 6.68. The van der Waals surface area contributed by atoms with Crippen molar-refractivity contribution in [1.29, 1.82) is 0 Å². The fraction of sp³-hybridized carbons (Fsp3) is 0.333. The molecule has 1 saturated heterocycles. The van der Waals surface area contributed by atoms with E-state index in [1.807, 2.05) is 0 Å². The van der Waals surface area contributed by atoms with Crippen LogP contribution < -0.4 is 0 Å². The van der Waals surface area contributed by atoms with E-state index >= 15 is 0 Å². The van der Waals surface area contributed by atoms with E-state index in [4.69, 9.17) is 4.74 Å². The molecule has 0 bridgehead atoms. The van der Waals surface area contributed by atoms with Gasteiger partial charge in [-0.05, 0) is 18.2 Å². The standard InChI is InChI=1S/C12H14N4O3S/c17-20(18,10-2-1-4-13-8-10)16-6-7-19-9-12(16)11-3-5-14-15-11/h1-5,8,12H,6-7,9H2,(H,14,15)/t12-/m1/s1. The normalized spacial score (nSPS) is 20.9. The maximum absolute atomic E-state index is 12.7. The first-order valence-electron chi connectivity index (χ1n) is 6.18. The summed E-state index contributed by atoms with van der Waals surface area (Å²) >= 11 is 0. The molecule has 1 atom stereocenters. The van der Waals surface area contributed by atoms with Gasteiger partial charge in [0.2, 0.25) is 10.0 Å². The molecule has 7 nitrogen and oxygen atoms in total. The van der Waals surface area contributed by atoms with Crippen LogP contribution >= 0.6 is 0 Å². The molecular weight excluding hydrogens is 280 g/mol. The zero-order valence-electron chi connectivity index (χ0n) is 10.6. The molecule has 106 valence electrons. The van der Waals surface area contributed by atoms with Gasteiger partial charge in [-0.1, -0.05) is 0 Å². The average Bonchev–Trinajstić information content (AvgIpc) is 3.02. The topological polar surface area (TPSA) is 88.2 Å². The van der Waals surface area contributed by atoms with Gasteiger partial charge >= 0.3 is 0 Å². The molecule has 0 spiro atoms. The molecule has 1 N–H and O–H groups in total. The molecule has 0 aromatic carbocycles. The Morgan fingerprint density at radius 2 is 2.25 bits per heavy atom. The minimum atomic E-state index is -3.59. The van der Waals surface area contributed by atoms with E-state index in [1.54, 1.807) is 30.6 Å². The molecule has 1 aliphatic heterocycles. The minimum absolute atomic E-state index is 0.186. The number of H-pyrrole nitrogens is 1. The molecule has 0 amide bonds. The molecule has 1 fully saturated rings. The molecule has 3 heterocycles. The number of aromatic nitrogens is 3. The fourth-order valence-electron chi connectivity index (χ4n) is 2.21. The molecule has 2 aromatic rings. The van der Waals surface area contributed by atoms with Crippen LogP contribution in [0.3, 0.4) is 0 Å². The number of morpholine rings is 1. The van der Waals surface area contributed by atoms with Gasteiger partial charge in [-0.2, -0.15) is 9.40 Å². The van der Waals surface area contributed by atoms with Crippen LogP contribution in [-0.2, 0) is 14.8 Å². The van der Waals surface area contributed by atoms with E-state index in [2.05, 4.69) is 15.2 Å². The summed E-state index contributed by atoms with van der Waals surface area (Å²) in [5.74, 6) is 0. The summed E-state index contributed by atoms with van der Waals surface area (Å²) in [5.41, 5.74) is 0.720. The van der Waals surface area contributed by atoms with E-state index < -0.39 is 16.1 Å². The quantitative estimate of drug-likeness (QED) is 0.894. The average molecular weight is 294 g/mol. The number of pyridine rings is 1. The van der Waals surface area contributed by atoms with Gasteiger partial charge in [0, 0.05) is 25.1 Å². The minimum Gasteiger partial charge on any atom is -0.378 e. The summed E-state index contributed by atoms with van der Waals surface area (Å²) in [6.45, 7) is 0.993. The first-order chi connectivity index (χ1) is 9.69. The van der Waals surface area contributed by atoms with Crippen LogP contribution in [0.15, 0.2) is 41.7 Å². The Balaban J connectivity index is 1.98. The van der Waals surface area contributed by atoms with Crippen molar-refractivity contribution in [3.63, 3.8) is 0 Å². The Morgan fingerprint density at radius 3 is 2.95 bits per heavy atom. The van der Waals surface area contributed by atoms with Crippen molar-refractivity contribution < 1.29 is 13.2 Å². The maximum atomic E-state index is 12.7. The highest BCUT2D eigenvalue weighted by Gasteiger charge is 2.35. The molecule has 20 heavy (non-hydrogen) atoms. The number of nitrogens with one attached hydrogen (secondary N) is 1. The molecule has 1 aliphatic rings. The van der Waals surface area contributed by atoms with Crippen LogP contribution in [0.2, 0.25) is 0 Å². The van der Waals surface area contributed by atoms with Crippen LogP contribution in [-0.4, -0.2) is 47.7 Å². The van der Waals surface area contributed by atoms with Crippen molar-refractivity contribution in [3.05, 3.63) is 42.5 Å². The molecule has 0 saturated carbocycles. The molecular formula is C12H14N4O3S. The lowest BCUT2D eigenvalue weighted by Gasteiger charge is -2.33. The lowest BCUT2D eigenvalue weighted by molar-refractivity contribution is 0.0305. The number of aromatic amines is 1. The number of hydrogen-bond acceptors (Lipinski definition) is 5. The van der Waals surface area contributed by atoms with Crippen LogP contribution in [0.1, 0.15) is 11.7 Å². The van der Waals surface area contributed by atoms with Gasteiger partial charge in [-0.25, -0.2) is 8.42 Å². The number of sulfonamides is 1. The molecule has 0 aliphatic carbocycles. The van der Waals surface area contributed by atoms with Gasteiger partial charge in [-0.3, -0.25) is 10.1 Å². The predicted octanol–water partition coefficient (Wildman–Crippen LogP) is 0.567. The summed E-state index contributed by atoms with van der Waals surface area (Å²) in [7, 11) is -3.59.